The summed E-state index contributed by atoms with van der Waals surface area (Å²) in [5.41, 5.74) is 0.327. The minimum atomic E-state index is -3.24. The van der Waals surface area contributed by atoms with Crippen LogP contribution in [-0.2, 0) is 4.74 Å². The van der Waals surface area contributed by atoms with Gasteiger partial charge >= 0.3 is 0 Å². The van der Waals surface area contributed by atoms with Crippen LogP contribution < -0.4 is 10.1 Å². The summed E-state index contributed by atoms with van der Waals surface area (Å²) in [6.07, 6.45) is -3.24. The predicted molar refractivity (Wildman–Crippen MR) is 77.3 cm³/mol. The maximum atomic E-state index is 11.7. The van der Waals surface area contributed by atoms with Crippen LogP contribution in [0.3, 0.4) is 0 Å². The fourth-order valence-corrected chi connectivity index (χ4v) is 1.27. The molecule has 0 heterocycles. The van der Waals surface area contributed by atoms with Crippen LogP contribution in [0.25, 0.3) is 0 Å². The third-order valence-corrected chi connectivity index (χ3v) is 2.20. The van der Waals surface area contributed by atoms with E-state index in [0.717, 1.165) is 0 Å². The molecule has 1 aromatic carbocycles. The average Bonchev–Trinajstić information content (AvgIpc) is 2.46. The topological polar surface area (TPSA) is 67.8 Å². The van der Waals surface area contributed by atoms with Gasteiger partial charge in [-0.25, -0.2) is 0 Å². The second-order valence-electron chi connectivity index (χ2n) is 4.36. The van der Waals surface area contributed by atoms with Crippen molar-refractivity contribution in [3.8, 4) is 5.75 Å². The van der Waals surface area contributed by atoms with Crippen molar-refractivity contribution in [2.75, 3.05) is 26.8 Å². The lowest BCUT2D eigenvalue weighted by Gasteiger charge is -2.15. The molecule has 1 unspecified atom stereocenters. The Morgan fingerprint density at radius 2 is 2.10 bits per heavy atom. The van der Waals surface area contributed by atoms with Gasteiger partial charge in [0.2, 0.25) is 0 Å². The zero-order chi connectivity index (χ0) is 19.5. The first-order valence-electron chi connectivity index (χ1n) is 8.65. The van der Waals surface area contributed by atoms with E-state index in [1.165, 1.54) is 31.4 Å². The Kier molecular flexibility index (Phi) is 4.48. The van der Waals surface area contributed by atoms with Crippen molar-refractivity contribution >= 4 is 5.78 Å². The monoisotopic (exact) mass is 286 g/mol. The minimum absolute atomic E-state index is 0.0648. The maximum absolute atomic E-state index is 11.7. The highest BCUT2D eigenvalue weighted by Crippen LogP contribution is 2.13. The molecule has 0 aliphatic carbocycles. The number of nitrogens with one attached hydrogen (secondary N) is 1. The number of carbonyl (C=O) groups excluding carboxylic acids is 1. The molecule has 20 heavy (non-hydrogen) atoms. The second kappa shape index (κ2) is 8.68. The molecule has 0 amide bonds. The molecule has 0 aliphatic rings. The van der Waals surface area contributed by atoms with Gasteiger partial charge in [-0.3, -0.25) is 4.79 Å². The molecule has 5 nitrogen and oxygen atoms in total. The lowest BCUT2D eigenvalue weighted by Crippen LogP contribution is -2.35. The number of ketones is 1. The zero-order valence-corrected chi connectivity index (χ0v) is 11.8. The Morgan fingerprint density at radius 3 is 2.65 bits per heavy atom. The van der Waals surface area contributed by atoms with Gasteiger partial charge in [0, 0.05) is 28.0 Å². The molecular formula is C15H23NO4. The van der Waals surface area contributed by atoms with E-state index in [2.05, 4.69) is 5.32 Å². The van der Waals surface area contributed by atoms with Gasteiger partial charge in [-0.05, 0) is 24.3 Å². The molecule has 112 valence electrons. The van der Waals surface area contributed by atoms with Gasteiger partial charge in [0.25, 0.3) is 0 Å². The van der Waals surface area contributed by atoms with E-state index in [1.807, 2.05) is 0 Å². The number of carbonyl (C=O) groups is 1. The van der Waals surface area contributed by atoms with E-state index in [-0.39, 0.29) is 18.1 Å². The number of benzene rings is 1. The minimum Gasteiger partial charge on any atom is -0.491 e. The molecule has 0 fully saturated rings. The van der Waals surface area contributed by atoms with Gasteiger partial charge in [0.1, 0.15) is 25.0 Å². The van der Waals surface area contributed by atoms with Gasteiger partial charge in [-0.1, -0.05) is 13.8 Å². The number of methoxy groups -OCH3 is 1. The van der Waals surface area contributed by atoms with Gasteiger partial charge in [0.15, 0.2) is 5.78 Å². The first-order chi connectivity index (χ1) is 11.3. The third-order valence-electron chi connectivity index (χ3n) is 2.20. The highest BCUT2D eigenvalue weighted by atomic mass is 16.5. The van der Waals surface area contributed by atoms with E-state index in [4.69, 9.17) is 16.3 Å². The highest BCUT2D eigenvalue weighted by molar-refractivity contribution is 5.97. The molecule has 0 radical (unpaired) electrons. The lowest BCUT2D eigenvalue weighted by atomic mass is 10.1. The molecule has 1 aromatic rings. The van der Waals surface area contributed by atoms with E-state index in [0.29, 0.717) is 5.56 Å². The van der Waals surface area contributed by atoms with Crippen LogP contribution in [0.2, 0.25) is 0 Å². The van der Waals surface area contributed by atoms with Crippen LogP contribution in [0.15, 0.2) is 24.3 Å². The van der Waals surface area contributed by atoms with Crippen molar-refractivity contribution in [1.29, 1.82) is 0 Å². The lowest BCUT2D eigenvalue weighted by molar-refractivity contribution is 0.0847. The molecule has 0 aliphatic heterocycles. The van der Waals surface area contributed by atoms with E-state index < -0.39 is 25.2 Å². The Balaban J connectivity index is 2.97. The van der Waals surface area contributed by atoms with Crippen molar-refractivity contribution < 1.29 is 26.2 Å². The van der Waals surface area contributed by atoms with Crippen molar-refractivity contribution in [2.24, 2.45) is 0 Å². The van der Waals surface area contributed by atoms with Crippen molar-refractivity contribution in [3.05, 3.63) is 29.8 Å². The molecule has 0 saturated heterocycles. The number of ether oxygens (including phenoxy) is 2. The summed E-state index contributed by atoms with van der Waals surface area (Å²) in [4.78, 5) is 11.7. The third kappa shape index (κ3) is 6.14. The largest absolute Gasteiger partial charge is 0.491 e. The summed E-state index contributed by atoms with van der Waals surface area (Å²) in [5, 5.41) is 12.5. The average molecular weight is 286 g/mol. The quantitative estimate of drug-likeness (QED) is 0.669. The SMILES string of the molecule is [2H]C([2H])(NC(C)C)C([2H])(O)C([2H])([2H])Oc1ccc(C(=O)COC)cc1. The van der Waals surface area contributed by atoms with Crippen molar-refractivity contribution in [3.63, 3.8) is 0 Å². The molecule has 0 spiro atoms. The van der Waals surface area contributed by atoms with Gasteiger partial charge in [-0.15, -0.1) is 0 Å². The number of hydrogen-bond acceptors (Lipinski definition) is 5. The standard InChI is InChI=1S/C15H23NO4/c1-11(2)16-8-13(17)9-20-14-6-4-12(5-7-14)15(18)10-19-3/h4-7,11,13,16-17H,8-10H2,1-3H3/i8D2,9D2,13D. The predicted octanol–water partition coefficient (Wildman–Crippen LogP) is 1.25. The fraction of sp³-hybridized carbons (Fsp3) is 0.533. The van der Waals surface area contributed by atoms with E-state index >= 15 is 0 Å². The normalized spacial score (nSPS) is 19.1. The van der Waals surface area contributed by atoms with Crippen LogP contribution in [0, 0.1) is 0 Å². The van der Waals surface area contributed by atoms with Gasteiger partial charge in [0.05, 0.1) is 4.11 Å². The Labute approximate surface area is 126 Å². The highest BCUT2D eigenvalue weighted by Gasteiger charge is 2.07. The summed E-state index contributed by atoms with van der Waals surface area (Å²) in [7, 11) is 1.39. The van der Waals surface area contributed by atoms with Gasteiger partial charge < -0.3 is 19.9 Å². The Morgan fingerprint density at radius 1 is 1.45 bits per heavy atom. The van der Waals surface area contributed by atoms with Crippen molar-refractivity contribution in [2.45, 2.75) is 26.0 Å². The molecule has 1 atom stereocenters. The number of hydrogen-bond donors (Lipinski definition) is 2. The first-order valence-corrected chi connectivity index (χ1v) is 6.15. The summed E-state index contributed by atoms with van der Waals surface area (Å²) in [5.74, 6) is -0.337. The van der Waals surface area contributed by atoms with E-state index in [9.17, 15) is 9.90 Å². The molecule has 5 heteroatoms. The van der Waals surface area contributed by atoms with Crippen molar-refractivity contribution in [1.82, 2.24) is 5.32 Å². The molecule has 0 aromatic heterocycles. The molecular weight excluding hydrogens is 258 g/mol. The Bertz CT molecular complexity index is 590. The zero-order valence-electron chi connectivity index (χ0n) is 16.8. The van der Waals surface area contributed by atoms with Crippen LogP contribution in [-0.4, -0.2) is 49.8 Å². The fourth-order valence-electron chi connectivity index (χ4n) is 1.27. The molecule has 1 rings (SSSR count). The van der Waals surface area contributed by atoms with Crippen LogP contribution >= 0.6 is 0 Å². The second-order valence-corrected chi connectivity index (χ2v) is 4.36. The number of rotatable bonds is 9. The summed E-state index contributed by atoms with van der Waals surface area (Å²) < 4.78 is 48.7. The Hall–Kier alpha value is -1.43. The number of Topliss-reactive ketones (excluding diaryl/α,β-unsaturated/α-hetero) is 1. The van der Waals surface area contributed by atoms with E-state index in [1.54, 1.807) is 13.8 Å². The van der Waals surface area contributed by atoms with Crippen LogP contribution in [0.4, 0.5) is 0 Å². The van der Waals surface area contributed by atoms with Crippen LogP contribution in [0.5, 0.6) is 5.75 Å². The molecule has 0 bridgehead atoms. The summed E-state index contributed by atoms with van der Waals surface area (Å²) in [6, 6.07) is 4.92. The summed E-state index contributed by atoms with van der Waals surface area (Å²) in [6.45, 7) is -2.76. The summed E-state index contributed by atoms with van der Waals surface area (Å²) >= 11 is 0. The van der Waals surface area contributed by atoms with Gasteiger partial charge in [-0.2, -0.15) is 0 Å². The smallest absolute Gasteiger partial charge is 0.188 e. The molecule has 0 saturated carbocycles. The number of aliphatic hydroxyl groups is 1. The maximum Gasteiger partial charge on any atom is 0.188 e. The molecule has 2 N–H and O–H groups in total. The van der Waals surface area contributed by atoms with Crippen LogP contribution in [0.1, 0.15) is 31.1 Å². The first kappa shape index (κ1) is 10.3.